The molecule has 0 unspecified atom stereocenters. The van der Waals surface area contributed by atoms with Gasteiger partial charge in [-0.25, -0.2) is 0 Å². The van der Waals surface area contributed by atoms with Crippen molar-refractivity contribution < 1.29 is 9.53 Å². The molecule has 1 amide bonds. The Balaban J connectivity index is 1.72. The van der Waals surface area contributed by atoms with Crippen LogP contribution in [-0.4, -0.2) is 49.7 Å². The normalized spacial score (nSPS) is 32.9. The van der Waals surface area contributed by atoms with Gasteiger partial charge in [0.25, 0.3) is 0 Å². The Labute approximate surface area is 84.6 Å². The van der Waals surface area contributed by atoms with E-state index in [-0.39, 0.29) is 11.9 Å². The Morgan fingerprint density at radius 2 is 2.43 bits per heavy atom. The highest BCUT2D eigenvalue weighted by atomic mass is 16.5. The van der Waals surface area contributed by atoms with Crippen LogP contribution >= 0.6 is 0 Å². The van der Waals surface area contributed by atoms with Crippen LogP contribution in [0.4, 0.5) is 0 Å². The number of likely N-dealkylation sites (N-methyl/N-ethyl adjacent to an activating group) is 1. The fourth-order valence-corrected chi connectivity index (χ4v) is 2.09. The summed E-state index contributed by atoms with van der Waals surface area (Å²) in [5, 5.41) is 3.29. The Kier molecular flexibility index (Phi) is 3.03. The van der Waals surface area contributed by atoms with Crippen LogP contribution in [-0.2, 0) is 9.53 Å². The van der Waals surface area contributed by atoms with Gasteiger partial charge in [-0.05, 0) is 19.3 Å². The average molecular weight is 198 g/mol. The molecule has 2 rings (SSSR count). The molecule has 0 aliphatic carbocycles. The predicted molar refractivity (Wildman–Crippen MR) is 53.0 cm³/mol. The summed E-state index contributed by atoms with van der Waals surface area (Å²) >= 11 is 0. The molecule has 80 valence electrons. The molecule has 0 aromatic carbocycles. The van der Waals surface area contributed by atoms with Gasteiger partial charge in [-0.1, -0.05) is 0 Å². The van der Waals surface area contributed by atoms with Gasteiger partial charge in [0.05, 0.1) is 12.1 Å². The van der Waals surface area contributed by atoms with Gasteiger partial charge in [0.2, 0.25) is 5.91 Å². The lowest BCUT2D eigenvalue weighted by Crippen LogP contribution is -2.40. The Bertz CT molecular complexity index is 214. The fraction of sp³-hybridized carbons (Fsp3) is 0.900. The summed E-state index contributed by atoms with van der Waals surface area (Å²) < 4.78 is 5.49. The van der Waals surface area contributed by atoms with Crippen molar-refractivity contribution in [3.05, 3.63) is 0 Å². The number of carbonyl (C=O) groups excluding carboxylic acids is 1. The number of hydrogen-bond donors (Lipinski definition) is 1. The zero-order valence-electron chi connectivity index (χ0n) is 8.66. The summed E-state index contributed by atoms with van der Waals surface area (Å²) in [6.07, 6.45) is 3.55. The van der Waals surface area contributed by atoms with E-state index in [1.807, 2.05) is 7.05 Å². The SMILES string of the molecule is CN1CC[C@@H](NC[C@H]2CCCO2)C1=O. The third kappa shape index (κ3) is 2.07. The van der Waals surface area contributed by atoms with Crippen molar-refractivity contribution in [2.75, 3.05) is 26.7 Å². The Hall–Kier alpha value is -0.610. The van der Waals surface area contributed by atoms with E-state index in [1.165, 1.54) is 0 Å². The number of ether oxygens (including phenoxy) is 1. The molecule has 14 heavy (non-hydrogen) atoms. The Morgan fingerprint density at radius 3 is 3.00 bits per heavy atom. The molecule has 0 spiro atoms. The highest BCUT2D eigenvalue weighted by molar-refractivity contribution is 5.83. The standard InChI is InChI=1S/C10H18N2O2/c1-12-5-4-9(10(12)13)11-7-8-3-2-6-14-8/h8-9,11H,2-7H2,1H3/t8-,9-/m1/s1. The second-order valence-corrected chi connectivity index (χ2v) is 4.14. The van der Waals surface area contributed by atoms with Gasteiger partial charge in [-0.3, -0.25) is 4.79 Å². The topological polar surface area (TPSA) is 41.6 Å². The maximum absolute atomic E-state index is 11.5. The monoisotopic (exact) mass is 198 g/mol. The number of hydrogen-bond acceptors (Lipinski definition) is 3. The van der Waals surface area contributed by atoms with E-state index in [1.54, 1.807) is 4.90 Å². The lowest BCUT2D eigenvalue weighted by molar-refractivity contribution is -0.128. The molecule has 1 N–H and O–H groups in total. The van der Waals surface area contributed by atoms with E-state index in [4.69, 9.17) is 4.74 Å². The lowest BCUT2D eigenvalue weighted by atomic mass is 10.2. The molecule has 0 bridgehead atoms. The molecule has 2 saturated heterocycles. The van der Waals surface area contributed by atoms with Crippen LogP contribution in [0.3, 0.4) is 0 Å². The minimum atomic E-state index is 0.0317. The molecule has 0 radical (unpaired) electrons. The van der Waals surface area contributed by atoms with Crippen molar-refractivity contribution in [1.82, 2.24) is 10.2 Å². The van der Waals surface area contributed by atoms with Crippen molar-refractivity contribution in [2.24, 2.45) is 0 Å². The molecule has 2 heterocycles. The van der Waals surface area contributed by atoms with Crippen LogP contribution in [0.1, 0.15) is 19.3 Å². The van der Waals surface area contributed by atoms with Crippen LogP contribution in [0, 0.1) is 0 Å². The smallest absolute Gasteiger partial charge is 0.239 e. The van der Waals surface area contributed by atoms with Crippen LogP contribution in [0.25, 0.3) is 0 Å². The van der Waals surface area contributed by atoms with Crippen LogP contribution in [0.15, 0.2) is 0 Å². The summed E-state index contributed by atoms with van der Waals surface area (Å²) in [5.41, 5.74) is 0. The first-order valence-electron chi connectivity index (χ1n) is 5.37. The van der Waals surface area contributed by atoms with E-state index in [9.17, 15) is 4.79 Å². The van der Waals surface area contributed by atoms with E-state index >= 15 is 0 Å². The summed E-state index contributed by atoms with van der Waals surface area (Å²) in [6, 6.07) is 0.0317. The predicted octanol–water partition coefficient (Wildman–Crippen LogP) is -0.0143. The molecule has 2 fully saturated rings. The summed E-state index contributed by atoms with van der Waals surface area (Å²) in [4.78, 5) is 13.3. The largest absolute Gasteiger partial charge is 0.377 e. The van der Waals surface area contributed by atoms with E-state index in [0.29, 0.717) is 6.10 Å². The maximum atomic E-state index is 11.5. The average Bonchev–Trinajstić information content (AvgIpc) is 2.77. The van der Waals surface area contributed by atoms with Gasteiger partial charge in [0, 0.05) is 26.7 Å². The molecule has 0 aromatic heterocycles. The molecule has 0 saturated carbocycles. The molecule has 2 aliphatic heterocycles. The van der Waals surface area contributed by atoms with Gasteiger partial charge in [0.15, 0.2) is 0 Å². The first kappa shape index (κ1) is 9.93. The van der Waals surface area contributed by atoms with Crippen molar-refractivity contribution >= 4 is 5.91 Å². The van der Waals surface area contributed by atoms with Gasteiger partial charge in [0.1, 0.15) is 0 Å². The van der Waals surface area contributed by atoms with Crippen molar-refractivity contribution in [3.8, 4) is 0 Å². The van der Waals surface area contributed by atoms with Crippen LogP contribution < -0.4 is 5.32 Å². The highest BCUT2D eigenvalue weighted by Crippen LogP contribution is 2.13. The second-order valence-electron chi connectivity index (χ2n) is 4.14. The number of nitrogens with one attached hydrogen (secondary N) is 1. The Morgan fingerprint density at radius 1 is 1.57 bits per heavy atom. The third-order valence-corrected chi connectivity index (χ3v) is 3.04. The summed E-state index contributed by atoms with van der Waals surface area (Å²) in [5.74, 6) is 0.225. The highest BCUT2D eigenvalue weighted by Gasteiger charge is 2.29. The molecule has 0 aromatic rings. The lowest BCUT2D eigenvalue weighted by Gasteiger charge is -2.15. The summed E-state index contributed by atoms with van der Waals surface area (Å²) in [7, 11) is 1.86. The number of carbonyl (C=O) groups is 1. The van der Waals surface area contributed by atoms with Gasteiger partial charge >= 0.3 is 0 Å². The van der Waals surface area contributed by atoms with Crippen molar-refractivity contribution in [2.45, 2.75) is 31.4 Å². The molecular formula is C10H18N2O2. The molecule has 4 nitrogen and oxygen atoms in total. The van der Waals surface area contributed by atoms with Crippen molar-refractivity contribution in [1.29, 1.82) is 0 Å². The van der Waals surface area contributed by atoms with Gasteiger partial charge in [-0.15, -0.1) is 0 Å². The number of likely N-dealkylation sites (tertiary alicyclic amines) is 1. The third-order valence-electron chi connectivity index (χ3n) is 3.04. The van der Waals surface area contributed by atoms with Gasteiger partial charge < -0.3 is 15.0 Å². The first-order chi connectivity index (χ1) is 6.77. The quantitative estimate of drug-likeness (QED) is 0.693. The maximum Gasteiger partial charge on any atom is 0.239 e. The van der Waals surface area contributed by atoms with Crippen LogP contribution in [0.2, 0.25) is 0 Å². The molecule has 2 aliphatic rings. The van der Waals surface area contributed by atoms with E-state index < -0.39 is 0 Å². The zero-order chi connectivity index (χ0) is 9.97. The van der Waals surface area contributed by atoms with Gasteiger partial charge in [-0.2, -0.15) is 0 Å². The molecular weight excluding hydrogens is 180 g/mol. The van der Waals surface area contributed by atoms with E-state index in [0.717, 1.165) is 39.0 Å². The summed E-state index contributed by atoms with van der Waals surface area (Å²) in [6.45, 7) is 2.58. The van der Waals surface area contributed by atoms with Crippen LogP contribution in [0.5, 0.6) is 0 Å². The minimum absolute atomic E-state index is 0.0317. The zero-order valence-corrected chi connectivity index (χ0v) is 8.66. The number of rotatable bonds is 3. The first-order valence-corrected chi connectivity index (χ1v) is 5.37. The fourth-order valence-electron chi connectivity index (χ4n) is 2.09. The second kappa shape index (κ2) is 4.28. The molecule has 2 atom stereocenters. The molecule has 4 heteroatoms. The minimum Gasteiger partial charge on any atom is -0.377 e. The van der Waals surface area contributed by atoms with Crippen molar-refractivity contribution in [3.63, 3.8) is 0 Å². The van der Waals surface area contributed by atoms with E-state index in [2.05, 4.69) is 5.32 Å². The number of amides is 1. The number of nitrogens with zero attached hydrogens (tertiary/aromatic N) is 1.